The zero-order valence-electron chi connectivity index (χ0n) is 27.6. The van der Waals surface area contributed by atoms with Gasteiger partial charge in [0, 0.05) is 20.1 Å². The van der Waals surface area contributed by atoms with Crippen LogP contribution < -0.4 is 5.73 Å². The lowest BCUT2D eigenvalue weighted by Gasteiger charge is -2.19. The molecule has 0 rings (SSSR count). The number of phosphoric acid groups is 1. The lowest BCUT2D eigenvalue weighted by atomic mass is 10.1. The van der Waals surface area contributed by atoms with Gasteiger partial charge in [0.15, 0.2) is 0 Å². The number of allylic oxidation sites excluding steroid dienone is 10. The molecule has 0 aromatic heterocycles. The SMILES string of the molecule is CC/C=C\C/C=C\C/C=C\C/C=C\C/C=C\CCCCCCCCCCCCOCC(COP(=O)(O)OCCN)OC(C)=O. The van der Waals surface area contributed by atoms with Gasteiger partial charge in [0.1, 0.15) is 6.10 Å². The van der Waals surface area contributed by atoms with E-state index in [1.54, 1.807) is 0 Å². The number of ether oxygens (including phenoxy) is 2. The number of nitrogens with two attached hydrogens (primary N) is 1. The number of esters is 1. The summed E-state index contributed by atoms with van der Waals surface area (Å²) in [5, 5.41) is 0. The van der Waals surface area contributed by atoms with Crippen molar-refractivity contribution in [1.29, 1.82) is 0 Å². The van der Waals surface area contributed by atoms with Crippen LogP contribution >= 0.6 is 7.82 Å². The van der Waals surface area contributed by atoms with Crippen molar-refractivity contribution in [3.8, 4) is 0 Å². The maximum absolute atomic E-state index is 11.7. The predicted molar refractivity (Wildman–Crippen MR) is 182 cm³/mol. The standard InChI is InChI=1S/C35H62NO7P/c1-3-4-5-6-7-8-9-10-11-12-13-14-15-16-17-18-19-20-21-22-23-24-25-26-27-28-30-40-32-35(43-34(2)37)33-42-44(38,39)41-31-29-36/h4-5,7-8,10-11,13-14,16-17,35H,3,6,9,12,15,18-33,36H2,1-2H3,(H,38,39)/b5-4-,8-7-,11-10-,14-13-,17-16-. The molecule has 0 aliphatic heterocycles. The molecule has 9 heteroatoms. The Morgan fingerprint density at radius 3 is 1.66 bits per heavy atom. The van der Waals surface area contributed by atoms with E-state index in [1.807, 2.05) is 0 Å². The summed E-state index contributed by atoms with van der Waals surface area (Å²) in [6.45, 7) is 3.76. The first kappa shape index (κ1) is 42.2. The molecule has 0 aromatic rings. The van der Waals surface area contributed by atoms with Gasteiger partial charge in [0.25, 0.3) is 0 Å². The molecule has 2 atom stereocenters. The molecule has 44 heavy (non-hydrogen) atoms. The number of unbranched alkanes of at least 4 members (excludes halogenated alkanes) is 10. The first-order valence-corrected chi connectivity index (χ1v) is 18.2. The highest BCUT2D eigenvalue weighted by molar-refractivity contribution is 7.47. The van der Waals surface area contributed by atoms with Gasteiger partial charge in [0.2, 0.25) is 0 Å². The Hall–Kier alpha value is -1.80. The molecule has 0 aliphatic carbocycles. The summed E-state index contributed by atoms with van der Waals surface area (Å²) in [5.41, 5.74) is 5.25. The molecule has 0 aromatic carbocycles. The van der Waals surface area contributed by atoms with E-state index in [0.29, 0.717) is 6.61 Å². The quantitative estimate of drug-likeness (QED) is 0.0334. The first-order chi connectivity index (χ1) is 21.4. The zero-order valence-corrected chi connectivity index (χ0v) is 28.5. The van der Waals surface area contributed by atoms with Crippen LogP contribution in [0.5, 0.6) is 0 Å². The number of hydrogen-bond acceptors (Lipinski definition) is 7. The lowest BCUT2D eigenvalue weighted by Crippen LogP contribution is -2.27. The van der Waals surface area contributed by atoms with Gasteiger partial charge in [-0.05, 0) is 51.4 Å². The number of rotatable bonds is 31. The van der Waals surface area contributed by atoms with Crippen molar-refractivity contribution in [2.45, 2.75) is 123 Å². The fourth-order valence-corrected chi connectivity index (χ4v) is 4.96. The minimum Gasteiger partial charge on any atom is -0.458 e. The van der Waals surface area contributed by atoms with Gasteiger partial charge in [-0.3, -0.25) is 13.8 Å². The normalized spacial score (nSPS) is 14.5. The van der Waals surface area contributed by atoms with Crippen molar-refractivity contribution in [2.24, 2.45) is 5.73 Å². The van der Waals surface area contributed by atoms with Crippen molar-refractivity contribution in [2.75, 3.05) is 33.0 Å². The van der Waals surface area contributed by atoms with E-state index in [9.17, 15) is 14.3 Å². The van der Waals surface area contributed by atoms with Crippen molar-refractivity contribution in [3.05, 3.63) is 60.8 Å². The van der Waals surface area contributed by atoms with Crippen LogP contribution in [0.3, 0.4) is 0 Å². The summed E-state index contributed by atoms with van der Waals surface area (Å²) in [7, 11) is -4.23. The Kier molecular flexibility index (Phi) is 31.3. The fourth-order valence-electron chi connectivity index (χ4n) is 4.20. The van der Waals surface area contributed by atoms with Gasteiger partial charge in [0.05, 0.1) is 19.8 Å². The fraction of sp³-hybridized carbons (Fsp3) is 0.686. The van der Waals surface area contributed by atoms with E-state index in [-0.39, 0.29) is 26.4 Å². The molecule has 0 heterocycles. The molecule has 0 saturated carbocycles. The summed E-state index contributed by atoms with van der Waals surface area (Å²) in [5.74, 6) is -0.511. The van der Waals surface area contributed by atoms with E-state index in [2.05, 4.69) is 72.2 Å². The maximum Gasteiger partial charge on any atom is 0.472 e. The van der Waals surface area contributed by atoms with Crippen molar-refractivity contribution < 1.29 is 32.8 Å². The molecule has 3 N–H and O–H groups in total. The molecule has 0 radical (unpaired) electrons. The second-order valence-corrected chi connectivity index (χ2v) is 12.2. The number of hydrogen-bond donors (Lipinski definition) is 2. The summed E-state index contributed by atoms with van der Waals surface area (Å²) in [6, 6.07) is 0. The monoisotopic (exact) mass is 639 g/mol. The van der Waals surface area contributed by atoms with Crippen LogP contribution in [0.2, 0.25) is 0 Å². The van der Waals surface area contributed by atoms with E-state index < -0.39 is 19.9 Å². The van der Waals surface area contributed by atoms with Gasteiger partial charge in [-0.2, -0.15) is 0 Å². The summed E-state index contributed by atoms with van der Waals surface area (Å²) in [6.07, 6.45) is 40.2. The molecular weight excluding hydrogens is 577 g/mol. The maximum atomic E-state index is 11.7. The Balaban J connectivity index is 3.57. The molecule has 254 valence electrons. The lowest BCUT2D eigenvalue weighted by molar-refractivity contribution is -0.151. The Morgan fingerprint density at radius 1 is 0.682 bits per heavy atom. The number of carbonyl (C=O) groups excluding carboxylic acids is 1. The van der Waals surface area contributed by atoms with Crippen molar-refractivity contribution >= 4 is 13.8 Å². The first-order valence-electron chi connectivity index (χ1n) is 16.7. The smallest absolute Gasteiger partial charge is 0.458 e. The molecule has 0 fully saturated rings. The molecule has 8 nitrogen and oxygen atoms in total. The van der Waals surface area contributed by atoms with Gasteiger partial charge < -0.3 is 20.1 Å². The topological polar surface area (TPSA) is 117 Å². The molecular formula is C35H62NO7P. The Labute approximate surface area is 268 Å². The molecule has 0 aliphatic rings. The van der Waals surface area contributed by atoms with E-state index in [0.717, 1.165) is 44.9 Å². The third-order valence-corrected chi connectivity index (χ3v) is 7.48. The number of carbonyl (C=O) groups is 1. The van der Waals surface area contributed by atoms with Gasteiger partial charge in [-0.15, -0.1) is 0 Å². The average Bonchev–Trinajstić information content (AvgIpc) is 3.00. The van der Waals surface area contributed by atoms with Crippen LogP contribution in [0.15, 0.2) is 60.8 Å². The molecule has 0 amide bonds. The minimum atomic E-state index is -4.23. The second-order valence-electron chi connectivity index (χ2n) is 10.7. The third-order valence-electron chi connectivity index (χ3n) is 6.50. The van der Waals surface area contributed by atoms with E-state index in [4.69, 9.17) is 19.7 Å². The van der Waals surface area contributed by atoms with Crippen LogP contribution in [-0.4, -0.2) is 49.9 Å². The zero-order chi connectivity index (χ0) is 32.4. The third kappa shape index (κ3) is 33.1. The van der Waals surface area contributed by atoms with Crippen LogP contribution in [0.1, 0.15) is 117 Å². The molecule has 2 unspecified atom stereocenters. The van der Waals surface area contributed by atoms with Gasteiger partial charge >= 0.3 is 13.8 Å². The number of phosphoric ester groups is 1. The van der Waals surface area contributed by atoms with Crippen LogP contribution in [0.25, 0.3) is 0 Å². The Bertz CT molecular complexity index is 854. The summed E-state index contributed by atoms with van der Waals surface area (Å²) in [4.78, 5) is 20.9. The molecule has 0 saturated heterocycles. The molecule has 0 spiro atoms. The highest BCUT2D eigenvalue weighted by Crippen LogP contribution is 2.43. The highest BCUT2D eigenvalue weighted by atomic mass is 31.2. The predicted octanol–water partition coefficient (Wildman–Crippen LogP) is 9.07. The van der Waals surface area contributed by atoms with Crippen LogP contribution in [-0.2, 0) is 27.9 Å². The van der Waals surface area contributed by atoms with Crippen LogP contribution in [0.4, 0.5) is 0 Å². The van der Waals surface area contributed by atoms with Gasteiger partial charge in [-0.25, -0.2) is 4.57 Å². The largest absolute Gasteiger partial charge is 0.472 e. The second kappa shape index (κ2) is 32.6. The van der Waals surface area contributed by atoms with Crippen molar-refractivity contribution in [3.63, 3.8) is 0 Å². The Morgan fingerprint density at radius 2 is 1.16 bits per heavy atom. The molecule has 0 bridgehead atoms. The van der Waals surface area contributed by atoms with Crippen molar-refractivity contribution in [1.82, 2.24) is 0 Å². The van der Waals surface area contributed by atoms with E-state index in [1.165, 1.54) is 64.7 Å². The van der Waals surface area contributed by atoms with Gasteiger partial charge in [-0.1, -0.05) is 119 Å². The minimum absolute atomic E-state index is 0.0946. The summed E-state index contributed by atoms with van der Waals surface area (Å²) < 4.78 is 32.0. The average molecular weight is 640 g/mol. The summed E-state index contributed by atoms with van der Waals surface area (Å²) >= 11 is 0. The highest BCUT2D eigenvalue weighted by Gasteiger charge is 2.24. The van der Waals surface area contributed by atoms with Crippen LogP contribution in [0, 0.1) is 0 Å². The van der Waals surface area contributed by atoms with E-state index >= 15 is 0 Å².